The molecule has 93 heavy (non-hydrogen) atoms. The fraction of sp³-hybridized carbons (Fsp3) is 0.905. The Balaban J connectivity index is 1.42. The molecular formula is C74H137NO18. The number of carbonyl (C=O) groups is 1. The molecule has 3 aliphatic heterocycles. The van der Waals surface area contributed by atoms with Crippen LogP contribution in [0.25, 0.3) is 0 Å². The van der Waals surface area contributed by atoms with Gasteiger partial charge in [-0.1, -0.05) is 275 Å². The average Bonchev–Trinajstić information content (AvgIpc) is 0.814. The summed E-state index contributed by atoms with van der Waals surface area (Å²) in [5.41, 5.74) is 0. The maximum absolute atomic E-state index is 13.4. The van der Waals surface area contributed by atoms with Gasteiger partial charge in [-0.25, -0.2) is 0 Å². The van der Waals surface area contributed by atoms with Crippen molar-refractivity contribution in [3.05, 3.63) is 36.5 Å². The van der Waals surface area contributed by atoms with Crippen LogP contribution in [-0.4, -0.2) is 193 Å². The molecule has 19 heteroatoms. The third-order valence-corrected chi connectivity index (χ3v) is 18.9. The summed E-state index contributed by atoms with van der Waals surface area (Å²) in [6.45, 7) is 1.76. The molecule has 3 saturated heterocycles. The number of amides is 1. The van der Waals surface area contributed by atoms with Crippen LogP contribution in [0.15, 0.2) is 36.5 Å². The first kappa shape index (κ1) is 85.2. The number of hydrogen-bond donors (Lipinski definition) is 12. The van der Waals surface area contributed by atoms with Gasteiger partial charge in [-0.15, -0.1) is 0 Å². The molecule has 0 aromatic heterocycles. The number of unbranched alkanes of at least 4 members (excludes halogenated alkanes) is 39. The quantitative estimate of drug-likeness (QED) is 0.0199. The SMILES string of the molecule is CCCCCCC/C=C\C/C=C\CCCCCCCCCCCCCC(=O)NC(COC1OC(CO)C(OC2OC(CO)C(OC3OC(CO)C(O)C(O)C3O)C(O)C2O)C(O)C1O)C(O)/C=C/CCCCCCCCCCCCCCCCCCCCCCCCC. The van der Waals surface area contributed by atoms with Crippen LogP contribution in [-0.2, 0) is 33.2 Å². The summed E-state index contributed by atoms with van der Waals surface area (Å²) in [4.78, 5) is 13.4. The molecular weight excluding hydrogens is 1190 g/mol. The second kappa shape index (κ2) is 55.8. The first-order valence-electron chi connectivity index (χ1n) is 37.7. The lowest BCUT2D eigenvalue weighted by Gasteiger charge is -2.48. The van der Waals surface area contributed by atoms with E-state index in [2.05, 4.69) is 43.5 Å². The van der Waals surface area contributed by atoms with E-state index in [1.807, 2.05) is 6.08 Å². The number of aliphatic hydroxyl groups excluding tert-OH is 11. The number of rotatable bonds is 59. The van der Waals surface area contributed by atoms with Gasteiger partial charge in [0.05, 0.1) is 38.6 Å². The predicted octanol–water partition coefficient (Wildman–Crippen LogP) is 11.2. The first-order valence-corrected chi connectivity index (χ1v) is 37.7. The van der Waals surface area contributed by atoms with Gasteiger partial charge in [0.15, 0.2) is 18.9 Å². The summed E-state index contributed by atoms with van der Waals surface area (Å²) in [6.07, 6.45) is 39.7. The van der Waals surface area contributed by atoms with Crippen molar-refractivity contribution < 1.29 is 89.4 Å². The zero-order valence-corrected chi connectivity index (χ0v) is 58.0. The van der Waals surface area contributed by atoms with Crippen molar-refractivity contribution in [1.82, 2.24) is 5.32 Å². The average molecular weight is 1330 g/mol. The van der Waals surface area contributed by atoms with Gasteiger partial charge >= 0.3 is 0 Å². The summed E-state index contributed by atoms with van der Waals surface area (Å²) in [5.74, 6) is -0.274. The zero-order valence-electron chi connectivity index (χ0n) is 58.0. The Hall–Kier alpha value is -1.99. The number of allylic oxidation sites excluding steroid dienone is 5. The molecule has 0 bridgehead atoms. The van der Waals surface area contributed by atoms with E-state index in [9.17, 15) is 61.0 Å². The van der Waals surface area contributed by atoms with Crippen LogP contribution >= 0.6 is 0 Å². The van der Waals surface area contributed by atoms with Crippen molar-refractivity contribution in [3.63, 3.8) is 0 Å². The van der Waals surface area contributed by atoms with E-state index in [0.717, 1.165) is 57.8 Å². The number of nitrogens with one attached hydrogen (secondary N) is 1. The smallest absolute Gasteiger partial charge is 0.220 e. The molecule has 0 spiro atoms. The molecule has 17 atom stereocenters. The first-order chi connectivity index (χ1) is 45.3. The van der Waals surface area contributed by atoms with Crippen molar-refractivity contribution in [1.29, 1.82) is 0 Å². The van der Waals surface area contributed by atoms with E-state index in [0.29, 0.717) is 6.42 Å². The summed E-state index contributed by atoms with van der Waals surface area (Å²) in [6, 6.07) is -0.975. The molecule has 0 radical (unpaired) electrons. The largest absolute Gasteiger partial charge is 0.394 e. The number of hydrogen-bond acceptors (Lipinski definition) is 18. The highest BCUT2D eigenvalue weighted by Crippen LogP contribution is 2.33. The van der Waals surface area contributed by atoms with E-state index in [1.54, 1.807) is 6.08 Å². The third-order valence-electron chi connectivity index (χ3n) is 18.9. The highest BCUT2D eigenvalue weighted by molar-refractivity contribution is 5.76. The Morgan fingerprint density at radius 1 is 0.387 bits per heavy atom. The van der Waals surface area contributed by atoms with E-state index < -0.39 is 124 Å². The van der Waals surface area contributed by atoms with Crippen molar-refractivity contribution in [2.75, 3.05) is 26.4 Å². The molecule has 0 aromatic rings. The highest BCUT2D eigenvalue weighted by atomic mass is 16.8. The number of aliphatic hydroxyl groups is 11. The topological polar surface area (TPSA) is 307 Å². The summed E-state index contributed by atoms with van der Waals surface area (Å²) < 4.78 is 34.4. The second-order valence-corrected chi connectivity index (χ2v) is 27.1. The van der Waals surface area contributed by atoms with Gasteiger partial charge < -0.3 is 89.9 Å². The van der Waals surface area contributed by atoms with Crippen LogP contribution in [0, 0.1) is 0 Å². The lowest BCUT2D eigenvalue weighted by Crippen LogP contribution is -2.66. The molecule has 3 heterocycles. The number of carbonyl (C=O) groups excluding carboxylic acids is 1. The maximum Gasteiger partial charge on any atom is 0.220 e. The normalized spacial score (nSPS) is 27.7. The fourth-order valence-corrected chi connectivity index (χ4v) is 12.8. The van der Waals surface area contributed by atoms with Gasteiger partial charge in [0.2, 0.25) is 5.91 Å². The predicted molar refractivity (Wildman–Crippen MR) is 365 cm³/mol. The van der Waals surface area contributed by atoms with Crippen molar-refractivity contribution in [2.45, 2.75) is 401 Å². The standard InChI is InChI=1S/C74H137NO18/c1-3-5-7-9-11-13-15-17-19-21-23-25-27-28-30-31-33-35-37-39-41-43-45-47-49-51-58(79)57(75-62(80)52-50-48-46-44-42-40-38-36-34-32-29-26-24-22-20-18-16-14-12-10-8-6-4-2)56-88-72-68(86)65(83)70(60(54-77)90-72)93-74-69(87)66(84)71(61(55-78)91-74)92-73-67(85)64(82)63(81)59(53-76)89-73/h16,18,22,24,49,51,57-61,63-74,76-79,81-87H,3-15,17,19-21,23,25-48,50,52-56H2,1-2H3,(H,75,80)/b18-16-,24-22-,51-49+. The van der Waals surface area contributed by atoms with E-state index in [4.69, 9.17) is 28.4 Å². The lowest BCUT2D eigenvalue weighted by molar-refractivity contribution is -0.379. The molecule has 19 nitrogen and oxygen atoms in total. The van der Waals surface area contributed by atoms with Gasteiger partial charge in [-0.3, -0.25) is 4.79 Å². The van der Waals surface area contributed by atoms with Crippen LogP contribution in [0.4, 0.5) is 0 Å². The minimum absolute atomic E-state index is 0.242. The Morgan fingerprint density at radius 2 is 0.710 bits per heavy atom. The molecule has 546 valence electrons. The third kappa shape index (κ3) is 37.1. The van der Waals surface area contributed by atoms with Gasteiger partial charge in [0.1, 0.15) is 73.2 Å². The van der Waals surface area contributed by atoms with E-state index >= 15 is 0 Å². The van der Waals surface area contributed by atoms with Gasteiger partial charge in [-0.05, 0) is 51.4 Å². The van der Waals surface area contributed by atoms with Gasteiger partial charge in [-0.2, -0.15) is 0 Å². The molecule has 3 rings (SSSR count). The second-order valence-electron chi connectivity index (χ2n) is 27.1. The Morgan fingerprint density at radius 3 is 1.10 bits per heavy atom. The van der Waals surface area contributed by atoms with Crippen LogP contribution in [0.1, 0.15) is 296 Å². The van der Waals surface area contributed by atoms with Crippen LogP contribution < -0.4 is 5.32 Å². The summed E-state index contributed by atoms with van der Waals surface area (Å²) in [7, 11) is 0. The molecule has 0 aliphatic carbocycles. The summed E-state index contributed by atoms with van der Waals surface area (Å²) in [5, 5.41) is 121. The lowest BCUT2D eigenvalue weighted by atomic mass is 9.96. The minimum atomic E-state index is -1.98. The van der Waals surface area contributed by atoms with E-state index in [-0.39, 0.29) is 18.9 Å². The molecule has 0 aromatic carbocycles. The zero-order chi connectivity index (χ0) is 67.5. The number of ether oxygens (including phenoxy) is 6. The van der Waals surface area contributed by atoms with Gasteiger partial charge in [0.25, 0.3) is 0 Å². The fourth-order valence-electron chi connectivity index (χ4n) is 12.8. The molecule has 3 aliphatic rings. The van der Waals surface area contributed by atoms with Crippen LogP contribution in [0.5, 0.6) is 0 Å². The molecule has 1 amide bonds. The Labute approximate surface area is 561 Å². The summed E-state index contributed by atoms with van der Waals surface area (Å²) >= 11 is 0. The van der Waals surface area contributed by atoms with Gasteiger partial charge in [0, 0.05) is 6.42 Å². The van der Waals surface area contributed by atoms with Crippen molar-refractivity contribution in [3.8, 4) is 0 Å². The molecule has 12 N–H and O–H groups in total. The monoisotopic (exact) mass is 1330 g/mol. The Kier molecular flexibility index (Phi) is 51.2. The minimum Gasteiger partial charge on any atom is -0.394 e. The van der Waals surface area contributed by atoms with Crippen molar-refractivity contribution >= 4 is 5.91 Å². The van der Waals surface area contributed by atoms with Crippen LogP contribution in [0.2, 0.25) is 0 Å². The Bertz CT molecular complexity index is 1830. The highest BCUT2D eigenvalue weighted by Gasteiger charge is 2.53. The molecule has 3 fully saturated rings. The molecule has 0 saturated carbocycles. The van der Waals surface area contributed by atoms with Crippen molar-refractivity contribution in [2.24, 2.45) is 0 Å². The van der Waals surface area contributed by atoms with Crippen LogP contribution in [0.3, 0.4) is 0 Å². The maximum atomic E-state index is 13.4. The van der Waals surface area contributed by atoms with E-state index in [1.165, 1.54) is 212 Å². The molecule has 17 unspecified atom stereocenters.